The molecule has 8 nitrogen and oxygen atoms in total. The Bertz CT molecular complexity index is 953. The molecule has 0 saturated carbocycles. The molecule has 1 saturated heterocycles. The fourth-order valence-electron chi connectivity index (χ4n) is 3.09. The van der Waals surface area contributed by atoms with Gasteiger partial charge in [0.05, 0.1) is 23.2 Å². The molecule has 0 radical (unpaired) electrons. The highest BCUT2D eigenvalue weighted by molar-refractivity contribution is 7.89. The Labute approximate surface area is 188 Å². The Morgan fingerprint density at radius 3 is 2.25 bits per heavy atom. The number of benzene rings is 2. The van der Waals surface area contributed by atoms with Gasteiger partial charge < -0.3 is 18.9 Å². The predicted molar refractivity (Wildman–Crippen MR) is 119 cm³/mol. The summed E-state index contributed by atoms with van der Waals surface area (Å²) in [6.45, 7) is 3.86. The Kier molecular flexibility index (Phi) is 8.90. The van der Waals surface area contributed by atoms with E-state index in [-0.39, 0.29) is 36.3 Å². The summed E-state index contributed by atoms with van der Waals surface area (Å²) in [5.74, 6) is 0.876. The fourth-order valence-corrected chi connectivity index (χ4v) is 4.16. The van der Waals surface area contributed by atoms with E-state index >= 15 is 0 Å². The maximum Gasteiger partial charge on any atom is 0.338 e. The van der Waals surface area contributed by atoms with Crippen LogP contribution in [0.4, 0.5) is 0 Å². The quantitative estimate of drug-likeness (QED) is 0.381. The van der Waals surface area contributed by atoms with Gasteiger partial charge in [-0.3, -0.25) is 0 Å². The first kappa shape index (κ1) is 24.0. The Morgan fingerprint density at radius 1 is 1.00 bits per heavy atom. The lowest BCUT2D eigenvalue weighted by Gasteiger charge is -2.12. The maximum atomic E-state index is 12.4. The molecule has 1 fully saturated rings. The minimum atomic E-state index is -3.66. The highest BCUT2D eigenvalue weighted by Crippen LogP contribution is 2.18. The van der Waals surface area contributed by atoms with E-state index in [0.29, 0.717) is 19.0 Å². The molecule has 1 aliphatic heterocycles. The summed E-state index contributed by atoms with van der Waals surface area (Å²) in [5, 5.41) is 0. The number of esters is 1. The third-order valence-corrected chi connectivity index (χ3v) is 6.25. The van der Waals surface area contributed by atoms with Crippen LogP contribution in [0.25, 0.3) is 0 Å². The van der Waals surface area contributed by atoms with E-state index < -0.39 is 16.0 Å². The topological polar surface area (TPSA) is 100 Å². The van der Waals surface area contributed by atoms with Crippen LogP contribution in [0.15, 0.2) is 53.4 Å². The average molecular weight is 464 g/mol. The number of carbonyl (C=O) groups is 1. The molecule has 1 N–H and O–H groups in total. The van der Waals surface area contributed by atoms with Crippen molar-refractivity contribution in [1.82, 2.24) is 4.72 Å². The highest BCUT2D eigenvalue weighted by atomic mass is 32.2. The van der Waals surface area contributed by atoms with Crippen LogP contribution in [0.3, 0.4) is 0 Å². The molecular weight excluding hydrogens is 434 g/mol. The molecule has 0 bridgehead atoms. The number of carbonyl (C=O) groups excluding carboxylic acids is 1. The molecule has 0 aromatic heterocycles. The summed E-state index contributed by atoms with van der Waals surface area (Å²) in [6, 6.07) is 12.8. The molecule has 3 rings (SSSR count). The zero-order valence-corrected chi connectivity index (χ0v) is 18.9. The average Bonchev–Trinajstić information content (AvgIpc) is 3.34. The normalized spacial score (nSPS) is 16.0. The second kappa shape index (κ2) is 11.8. The van der Waals surface area contributed by atoms with Crippen LogP contribution in [0.1, 0.15) is 36.5 Å². The Hall–Kier alpha value is -2.62. The summed E-state index contributed by atoms with van der Waals surface area (Å²) >= 11 is 0. The first-order valence-corrected chi connectivity index (χ1v) is 12.2. The molecule has 9 heteroatoms. The van der Waals surface area contributed by atoms with Gasteiger partial charge in [-0.25, -0.2) is 17.9 Å². The van der Waals surface area contributed by atoms with E-state index in [1.54, 1.807) is 12.1 Å². The van der Waals surface area contributed by atoms with Gasteiger partial charge in [-0.1, -0.05) is 6.92 Å². The first-order valence-electron chi connectivity index (χ1n) is 10.7. The summed E-state index contributed by atoms with van der Waals surface area (Å²) in [4.78, 5) is 12.3. The molecule has 174 valence electrons. The van der Waals surface area contributed by atoms with Gasteiger partial charge in [0.2, 0.25) is 10.0 Å². The van der Waals surface area contributed by atoms with Crippen molar-refractivity contribution in [3.63, 3.8) is 0 Å². The largest absolute Gasteiger partial charge is 0.494 e. The number of nitrogens with one attached hydrogen (secondary N) is 1. The lowest BCUT2D eigenvalue weighted by Crippen LogP contribution is -2.31. The van der Waals surface area contributed by atoms with Gasteiger partial charge in [0, 0.05) is 13.2 Å². The molecule has 2 aromatic rings. The van der Waals surface area contributed by atoms with Gasteiger partial charge >= 0.3 is 5.97 Å². The monoisotopic (exact) mass is 463 g/mol. The zero-order chi connectivity index (χ0) is 22.8. The minimum absolute atomic E-state index is 0.0654. The van der Waals surface area contributed by atoms with Crippen LogP contribution < -0.4 is 14.2 Å². The number of hydrogen-bond acceptors (Lipinski definition) is 7. The fraction of sp³-hybridized carbons (Fsp3) is 0.435. The number of rotatable bonds is 12. The smallest absolute Gasteiger partial charge is 0.338 e. The van der Waals surface area contributed by atoms with Crippen molar-refractivity contribution < 1.29 is 32.2 Å². The molecule has 2 aromatic carbocycles. The second-order valence-corrected chi connectivity index (χ2v) is 9.08. The first-order chi connectivity index (χ1) is 15.5. The SMILES string of the molecule is CCCOc1ccc(OCCOC(=O)c2ccc(S(=O)(=O)NCC3CCCO3)cc2)cc1. The molecule has 1 heterocycles. The summed E-state index contributed by atoms with van der Waals surface area (Å²) < 4.78 is 49.0. The molecule has 0 spiro atoms. The lowest BCUT2D eigenvalue weighted by molar-refractivity contribution is 0.0450. The van der Waals surface area contributed by atoms with Crippen LogP contribution in [0.5, 0.6) is 11.5 Å². The molecule has 0 aliphatic carbocycles. The summed E-state index contributed by atoms with van der Waals surface area (Å²) in [7, 11) is -3.66. The molecular formula is C23H29NO7S. The second-order valence-electron chi connectivity index (χ2n) is 7.32. The Balaban J connectivity index is 1.41. The molecule has 1 atom stereocenters. The van der Waals surface area contributed by atoms with Gasteiger partial charge in [-0.2, -0.15) is 0 Å². The van der Waals surface area contributed by atoms with Crippen molar-refractivity contribution in [3.05, 3.63) is 54.1 Å². The van der Waals surface area contributed by atoms with Crippen molar-refractivity contribution >= 4 is 16.0 Å². The van der Waals surface area contributed by atoms with Crippen molar-refractivity contribution in [3.8, 4) is 11.5 Å². The highest BCUT2D eigenvalue weighted by Gasteiger charge is 2.20. The van der Waals surface area contributed by atoms with Crippen molar-refractivity contribution in [2.24, 2.45) is 0 Å². The third kappa shape index (κ3) is 7.22. The number of ether oxygens (including phenoxy) is 4. The third-order valence-electron chi connectivity index (χ3n) is 4.81. The van der Waals surface area contributed by atoms with Gasteiger partial charge in [-0.15, -0.1) is 0 Å². The van der Waals surface area contributed by atoms with Gasteiger partial charge in [-0.05, 0) is 67.8 Å². The van der Waals surface area contributed by atoms with Crippen LogP contribution >= 0.6 is 0 Å². The van der Waals surface area contributed by atoms with E-state index in [9.17, 15) is 13.2 Å². The Morgan fingerprint density at radius 2 is 1.66 bits per heavy atom. The molecule has 0 amide bonds. The van der Waals surface area contributed by atoms with Gasteiger partial charge in [0.25, 0.3) is 0 Å². The zero-order valence-electron chi connectivity index (χ0n) is 18.1. The molecule has 32 heavy (non-hydrogen) atoms. The van der Waals surface area contributed by atoms with E-state index in [1.807, 2.05) is 19.1 Å². The predicted octanol–water partition coefficient (Wildman–Crippen LogP) is 3.17. The van der Waals surface area contributed by atoms with Gasteiger partial charge in [0.15, 0.2) is 0 Å². The molecule has 1 unspecified atom stereocenters. The van der Waals surface area contributed by atoms with Crippen LogP contribution in [0, 0.1) is 0 Å². The minimum Gasteiger partial charge on any atom is -0.494 e. The summed E-state index contributed by atoms with van der Waals surface area (Å²) in [5.41, 5.74) is 0.264. The number of hydrogen-bond donors (Lipinski definition) is 1. The lowest BCUT2D eigenvalue weighted by atomic mass is 10.2. The standard InChI is InChI=1S/C23H29NO7S/c1-2-13-28-19-7-9-20(10-8-19)30-15-16-31-23(25)18-5-11-22(12-6-18)32(26,27)24-17-21-4-3-14-29-21/h5-12,21,24H,2-4,13-17H2,1H3. The van der Waals surface area contributed by atoms with E-state index in [2.05, 4.69) is 4.72 Å². The van der Waals surface area contributed by atoms with Crippen LogP contribution in [0.2, 0.25) is 0 Å². The van der Waals surface area contributed by atoms with E-state index in [0.717, 1.165) is 25.0 Å². The van der Waals surface area contributed by atoms with Crippen LogP contribution in [-0.2, 0) is 19.5 Å². The number of sulfonamides is 1. The molecule has 1 aliphatic rings. The van der Waals surface area contributed by atoms with Crippen LogP contribution in [-0.4, -0.2) is 53.5 Å². The van der Waals surface area contributed by atoms with E-state index in [4.69, 9.17) is 18.9 Å². The van der Waals surface area contributed by atoms with Crippen molar-refractivity contribution in [2.45, 2.75) is 37.2 Å². The summed E-state index contributed by atoms with van der Waals surface area (Å²) in [6.07, 6.45) is 2.63. The van der Waals surface area contributed by atoms with Crippen molar-refractivity contribution in [1.29, 1.82) is 0 Å². The van der Waals surface area contributed by atoms with E-state index in [1.165, 1.54) is 24.3 Å². The maximum absolute atomic E-state index is 12.4. The van der Waals surface area contributed by atoms with Gasteiger partial charge in [0.1, 0.15) is 24.7 Å². The van der Waals surface area contributed by atoms with Crippen molar-refractivity contribution in [2.75, 3.05) is 33.0 Å².